The number of hydrogen-bond donors (Lipinski definition) is 1. The minimum absolute atomic E-state index is 0.402. The molecule has 0 radical (unpaired) electrons. The fraction of sp³-hybridized carbons (Fsp3) is 0.471. The predicted molar refractivity (Wildman–Crippen MR) is 81.7 cm³/mol. The molecule has 2 aromatic rings. The molecule has 106 valence electrons. The predicted octanol–water partition coefficient (Wildman–Crippen LogP) is 3.35. The van der Waals surface area contributed by atoms with Gasteiger partial charge >= 0.3 is 0 Å². The van der Waals surface area contributed by atoms with Gasteiger partial charge in [0.1, 0.15) is 6.07 Å². The molecular weight excluding hydrogens is 260 g/mol. The lowest BCUT2D eigenvalue weighted by atomic mass is 9.97. The van der Waals surface area contributed by atoms with E-state index in [1.54, 1.807) is 0 Å². The quantitative estimate of drug-likeness (QED) is 0.911. The third kappa shape index (κ3) is 2.44. The smallest absolute Gasteiger partial charge is 0.186 e. The molecule has 1 N–H and O–H groups in total. The lowest BCUT2D eigenvalue weighted by Gasteiger charge is -2.18. The average molecular weight is 278 g/mol. The molecule has 2 aliphatic carbocycles. The maximum absolute atomic E-state index is 9.29. The first-order valence-electron chi connectivity index (χ1n) is 7.76. The largest absolute Gasteiger partial charge is 0.382 e. The Balaban J connectivity index is 1.63. The Kier molecular flexibility index (Phi) is 2.99. The number of nitriles is 1. The topological polar surface area (TPSA) is 61.6 Å². The van der Waals surface area contributed by atoms with Crippen LogP contribution in [0.5, 0.6) is 0 Å². The number of fused-ring (bicyclic) bond motifs is 1. The molecule has 2 fully saturated rings. The number of benzene rings is 1. The highest BCUT2D eigenvalue weighted by molar-refractivity contribution is 5.92. The van der Waals surface area contributed by atoms with Gasteiger partial charge in [-0.3, -0.25) is 0 Å². The van der Waals surface area contributed by atoms with E-state index in [1.807, 2.05) is 24.3 Å². The third-order valence-electron chi connectivity index (χ3n) is 4.74. The van der Waals surface area contributed by atoms with E-state index in [0.717, 1.165) is 40.9 Å². The van der Waals surface area contributed by atoms with Gasteiger partial charge in [-0.1, -0.05) is 18.2 Å². The van der Waals surface area contributed by atoms with Crippen molar-refractivity contribution in [1.29, 1.82) is 5.26 Å². The second-order valence-corrected chi connectivity index (χ2v) is 6.27. The highest BCUT2D eigenvalue weighted by atomic mass is 15.1. The summed E-state index contributed by atoms with van der Waals surface area (Å²) in [5, 5.41) is 22.0. The zero-order valence-electron chi connectivity index (χ0n) is 11.9. The molecule has 4 rings (SSSR count). The first-order chi connectivity index (χ1) is 10.4. The Morgan fingerprint density at radius 2 is 1.86 bits per heavy atom. The van der Waals surface area contributed by atoms with Crippen molar-refractivity contribution < 1.29 is 0 Å². The Bertz CT molecular complexity index is 698. The Hall–Kier alpha value is -2.15. The van der Waals surface area contributed by atoms with Gasteiger partial charge in [-0.25, -0.2) is 0 Å². The van der Waals surface area contributed by atoms with E-state index in [-0.39, 0.29) is 0 Å². The molecular formula is C17H18N4. The number of nitrogens with one attached hydrogen (secondary N) is 1. The Morgan fingerprint density at radius 3 is 2.52 bits per heavy atom. The van der Waals surface area contributed by atoms with Gasteiger partial charge < -0.3 is 5.32 Å². The van der Waals surface area contributed by atoms with E-state index in [0.29, 0.717) is 5.69 Å². The molecule has 0 saturated heterocycles. The zero-order valence-corrected chi connectivity index (χ0v) is 11.9. The SMILES string of the molecule is N#Cc1nnc2ccccc2c1NCC(C1CC1)C1CC1. The van der Waals surface area contributed by atoms with Crippen LogP contribution in [0, 0.1) is 29.1 Å². The summed E-state index contributed by atoms with van der Waals surface area (Å²) >= 11 is 0. The number of aromatic nitrogens is 2. The van der Waals surface area contributed by atoms with Crippen molar-refractivity contribution in [2.75, 3.05) is 11.9 Å². The first-order valence-corrected chi connectivity index (χ1v) is 7.76. The fourth-order valence-electron chi connectivity index (χ4n) is 3.30. The van der Waals surface area contributed by atoms with E-state index in [1.165, 1.54) is 25.7 Å². The van der Waals surface area contributed by atoms with E-state index in [9.17, 15) is 5.26 Å². The molecule has 0 unspecified atom stereocenters. The van der Waals surface area contributed by atoms with Crippen molar-refractivity contribution in [2.45, 2.75) is 25.7 Å². The van der Waals surface area contributed by atoms with Crippen molar-refractivity contribution in [1.82, 2.24) is 10.2 Å². The van der Waals surface area contributed by atoms with Crippen LogP contribution in [0.15, 0.2) is 24.3 Å². The molecule has 0 spiro atoms. The fourth-order valence-corrected chi connectivity index (χ4v) is 3.30. The maximum atomic E-state index is 9.29. The van der Waals surface area contributed by atoms with Crippen LogP contribution in [-0.2, 0) is 0 Å². The van der Waals surface area contributed by atoms with E-state index >= 15 is 0 Å². The first kappa shape index (κ1) is 12.6. The minimum Gasteiger partial charge on any atom is -0.382 e. The summed E-state index contributed by atoms with van der Waals surface area (Å²) < 4.78 is 0. The van der Waals surface area contributed by atoms with E-state index in [2.05, 4.69) is 21.6 Å². The summed E-state index contributed by atoms with van der Waals surface area (Å²) in [5.74, 6) is 2.57. The van der Waals surface area contributed by atoms with Crippen LogP contribution >= 0.6 is 0 Å². The van der Waals surface area contributed by atoms with Gasteiger partial charge in [0.2, 0.25) is 0 Å². The number of rotatable bonds is 5. The molecule has 21 heavy (non-hydrogen) atoms. The summed E-state index contributed by atoms with van der Waals surface area (Å²) in [6.45, 7) is 0.958. The van der Waals surface area contributed by atoms with E-state index < -0.39 is 0 Å². The summed E-state index contributed by atoms with van der Waals surface area (Å²) in [7, 11) is 0. The second kappa shape index (κ2) is 5.00. The van der Waals surface area contributed by atoms with Gasteiger partial charge in [0.05, 0.1) is 11.2 Å². The van der Waals surface area contributed by atoms with Crippen LogP contribution < -0.4 is 5.32 Å². The highest BCUT2D eigenvalue weighted by Crippen LogP contribution is 2.49. The van der Waals surface area contributed by atoms with Crippen LogP contribution in [0.2, 0.25) is 0 Å². The molecule has 2 saturated carbocycles. The molecule has 1 aromatic heterocycles. The van der Waals surface area contributed by atoms with Crippen molar-refractivity contribution in [2.24, 2.45) is 17.8 Å². The monoisotopic (exact) mass is 278 g/mol. The third-order valence-corrected chi connectivity index (χ3v) is 4.74. The Morgan fingerprint density at radius 1 is 1.14 bits per heavy atom. The standard InChI is InChI=1S/C17H18N4/c18-9-16-17(13-3-1-2-4-15(13)20-21-16)19-10-14(11-5-6-11)12-7-8-12/h1-4,11-12,14H,5-8,10H2,(H,19,20). The molecule has 4 heteroatoms. The molecule has 4 nitrogen and oxygen atoms in total. The summed E-state index contributed by atoms with van der Waals surface area (Å²) in [5.41, 5.74) is 2.10. The summed E-state index contributed by atoms with van der Waals surface area (Å²) in [6, 6.07) is 10.0. The second-order valence-electron chi connectivity index (χ2n) is 6.27. The van der Waals surface area contributed by atoms with Crippen molar-refractivity contribution >= 4 is 16.6 Å². The molecule has 0 aliphatic heterocycles. The average Bonchev–Trinajstić information content (AvgIpc) is 3.40. The van der Waals surface area contributed by atoms with Gasteiger partial charge in [0.25, 0.3) is 0 Å². The summed E-state index contributed by atoms with van der Waals surface area (Å²) in [6.07, 6.45) is 5.51. The Labute approximate surface area is 124 Å². The van der Waals surface area contributed by atoms with Crippen molar-refractivity contribution in [3.8, 4) is 6.07 Å². The van der Waals surface area contributed by atoms with Crippen LogP contribution in [0.3, 0.4) is 0 Å². The van der Waals surface area contributed by atoms with Crippen molar-refractivity contribution in [3.63, 3.8) is 0 Å². The minimum atomic E-state index is 0.402. The number of anilines is 1. The van der Waals surface area contributed by atoms with Crippen LogP contribution in [0.1, 0.15) is 31.4 Å². The number of nitrogens with zero attached hydrogens (tertiary/aromatic N) is 3. The molecule has 0 amide bonds. The molecule has 1 aromatic carbocycles. The van der Waals surface area contributed by atoms with Gasteiger partial charge in [-0.2, -0.15) is 5.26 Å². The van der Waals surface area contributed by atoms with Crippen LogP contribution in [0.4, 0.5) is 5.69 Å². The van der Waals surface area contributed by atoms with Gasteiger partial charge in [-0.15, -0.1) is 10.2 Å². The van der Waals surface area contributed by atoms with Gasteiger partial charge in [0, 0.05) is 11.9 Å². The molecule has 0 bridgehead atoms. The molecule has 2 aliphatic rings. The van der Waals surface area contributed by atoms with Gasteiger partial charge in [-0.05, 0) is 49.5 Å². The molecule has 1 heterocycles. The lowest BCUT2D eigenvalue weighted by Crippen LogP contribution is -2.19. The zero-order chi connectivity index (χ0) is 14.2. The lowest BCUT2D eigenvalue weighted by molar-refractivity contribution is 0.428. The van der Waals surface area contributed by atoms with E-state index in [4.69, 9.17) is 0 Å². The van der Waals surface area contributed by atoms with Gasteiger partial charge in [0.15, 0.2) is 5.69 Å². The van der Waals surface area contributed by atoms with Crippen molar-refractivity contribution in [3.05, 3.63) is 30.0 Å². The van der Waals surface area contributed by atoms with Crippen LogP contribution in [-0.4, -0.2) is 16.7 Å². The highest BCUT2D eigenvalue weighted by Gasteiger charge is 2.41. The van der Waals surface area contributed by atoms with Crippen LogP contribution in [0.25, 0.3) is 10.9 Å². The summed E-state index contributed by atoms with van der Waals surface area (Å²) in [4.78, 5) is 0. The molecule has 0 atom stereocenters. The maximum Gasteiger partial charge on any atom is 0.186 e. The number of hydrogen-bond acceptors (Lipinski definition) is 4. The normalized spacial score (nSPS) is 17.9.